The van der Waals surface area contributed by atoms with E-state index in [0.29, 0.717) is 11.7 Å². The third-order valence-corrected chi connectivity index (χ3v) is 5.35. The summed E-state index contributed by atoms with van der Waals surface area (Å²) in [5.74, 6) is 0.823. The van der Waals surface area contributed by atoms with Gasteiger partial charge < -0.3 is 5.73 Å². The lowest BCUT2D eigenvalue weighted by molar-refractivity contribution is 0.601. The van der Waals surface area contributed by atoms with Gasteiger partial charge in [-0.25, -0.2) is 9.67 Å². The minimum atomic E-state index is 0.300. The van der Waals surface area contributed by atoms with Gasteiger partial charge in [-0.2, -0.15) is 5.10 Å². The number of anilines is 1. The Morgan fingerprint density at radius 3 is 2.65 bits per heavy atom. The Kier molecular flexibility index (Phi) is 3.49. The van der Waals surface area contributed by atoms with Crippen LogP contribution in [-0.2, 0) is 6.42 Å². The van der Waals surface area contributed by atoms with Gasteiger partial charge in [-0.05, 0) is 48.6 Å². The normalized spacial score (nSPS) is 16.5. The van der Waals surface area contributed by atoms with Gasteiger partial charge in [-0.15, -0.1) is 0 Å². The molecule has 2 heterocycles. The first-order valence-corrected chi connectivity index (χ1v) is 9.09. The van der Waals surface area contributed by atoms with E-state index >= 15 is 0 Å². The zero-order valence-electron chi connectivity index (χ0n) is 14.5. The first kappa shape index (κ1) is 15.1. The van der Waals surface area contributed by atoms with Crippen LogP contribution in [-0.4, -0.2) is 14.8 Å². The summed E-state index contributed by atoms with van der Waals surface area (Å²) in [6.07, 6.45) is 5.22. The maximum absolute atomic E-state index is 6.26. The summed E-state index contributed by atoms with van der Waals surface area (Å²) in [7, 11) is 0. The van der Waals surface area contributed by atoms with E-state index in [-0.39, 0.29) is 0 Å². The average Bonchev–Trinajstić information content (AvgIpc) is 3.09. The van der Waals surface area contributed by atoms with Gasteiger partial charge >= 0.3 is 0 Å². The van der Waals surface area contributed by atoms with Crippen molar-refractivity contribution in [2.24, 2.45) is 0 Å². The minimum absolute atomic E-state index is 0.300. The molecule has 0 saturated carbocycles. The van der Waals surface area contributed by atoms with Gasteiger partial charge in [0.15, 0.2) is 0 Å². The lowest BCUT2D eigenvalue weighted by atomic mass is 9.80. The van der Waals surface area contributed by atoms with E-state index in [2.05, 4.69) is 41.4 Å². The van der Waals surface area contributed by atoms with Crippen LogP contribution in [0.1, 0.15) is 35.6 Å². The topological polar surface area (TPSA) is 56.7 Å². The van der Waals surface area contributed by atoms with E-state index in [4.69, 9.17) is 10.8 Å². The average molecular weight is 340 g/mol. The Morgan fingerprint density at radius 2 is 1.77 bits per heavy atom. The van der Waals surface area contributed by atoms with Gasteiger partial charge in [0.05, 0.1) is 11.4 Å². The highest BCUT2D eigenvalue weighted by Gasteiger charge is 2.27. The molecule has 2 N–H and O–H groups in total. The summed E-state index contributed by atoms with van der Waals surface area (Å²) in [6.45, 7) is 0. The molecule has 0 saturated heterocycles. The summed E-state index contributed by atoms with van der Waals surface area (Å²) in [4.78, 5) is 4.31. The fourth-order valence-electron chi connectivity index (χ4n) is 4.16. The molecule has 0 amide bonds. The monoisotopic (exact) mass is 340 g/mol. The van der Waals surface area contributed by atoms with Gasteiger partial charge in [0.2, 0.25) is 0 Å². The van der Waals surface area contributed by atoms with Crippen molar-refractivity contribution in [3.63, 3.8) is 0 Å². The van der Waals surface area contributed by atoms with Crippen molar-refractivity contribution in [1.82, 2.24) is 14.8 Å². The molecule has 4 aromatic rings. The lowest BCUT2D eigenvalue weighted by Gasteiger charge is -2.24. The molecule has 0 aliphatic heterocycles. The molecule has 128 valence electrons. The summed E-state index contributed by atoms with van der Waals surface area (Å²) in [5.41, 5.74) is 12.1. The molecule has 1 aliphatic rings. The van der Waals surface area contributed by atoms with Gasteiger partial charge in [0.25, 0.3) is 0 Å². The zero-order valence-corrected chi connectivity index (χ0v) is 14.5. The van der Waals surface area contributed by atoms with Crippen LogP contribution >= 0.6 is 0 Å². The lowest BCUT2D eigenvalue weighted by Crippen LogP contribution is -2.12. The Labute approximate surface area is 152 Å². The van der Waals surface area contributed by atoms with E-state index < -0.39 is 0 Å². The molecular weight excluding hydrogens is 320 g/mol. The minimum Gasteiger partial charge on any atom is -0.382 e. The van der Waals surface area contributed by atoms with Crippen molar-refractivity contribution in [3.05, 3.63) is 83.7 Å². The Morgan fingerprint density at radius 1 is 0.962 bits per heavy atom. The fourth-order valence-corrected chi connectivity index (χ4v) is 4.16. The third kappa shape index (κ3) is 2.30. The smallest absolute Gasteiger partial charge is 0.150 e. The van der Waals surface area contributed by atoms with Crippen LogP contribution in [0, 0.1) is 0 Å². The van der Waals surface area contributed by atoms with Gasteiger partial charge in [-0.3, -0.25) is 0 Å². The third-order valence-electron chi connectivity index (χ3n) is 5.35. The van der Waals surface area contributed by atoms with Crippen molar-refractivity contribution in [1.29, 1.82) is 0 Å². The number of nitrogens with two attached hydrogens (primary N) is 1. The van der Waals surface area contributed by atoms with Gasteiger partial charge in [-0.1, -0.05) is 42.5 Å². The van der Waals surface area contributed by atoms with E-state index in [0.717, 1.165) is 35.1 Å². The van der Waals surface area contributed by atoms with E-state index in [1.807, 2.05) is 28.9 Å². The second kappa shape index (κ2) is 5.99. The van der Waals surface area contributed by atoms with E-state index in [1.54, 1.807) is 6.20 Å². The quantitative estimate of drug-likeness (QED) is 0.586. The molecule has 1 unspecified atom stereocenters. The van der Waals surface area contributed by atoms with E-state index in [1.165, 1.54) is 17.5 Å². The van der Waals surface area contributed by atoms with Crippen molar-refractivity contribution >= 4 is 16.7 Å². The van der Waals surface area contributed by atoms with Crippen LogP contribution in [0.15, 0.2) is 66.9 Å². The predicted octanol–water partition coefficient (Wildman–Crippen LogP) is 4.47. The number of pyridine rings is 1. The molecule has 0 radical (unpaired) electrons. The number of fused-ring (bicyclic) bond motifs is 2. The Bertz CT molecular complexity index is 1080. The maximum Gasteiger partial charge on any atom is 0.150 e. The highest BCUT2D eigenvalue weighted by atomic mass is 15.3. The Balaban J connectivity index is 1.77. The highest BCUT2D eigenvalue weighted by Crippen LogP contribution is 2.40. The molecule has 5 rings (SSSR count). The summed E-state index contributed by atoms with van der Waals surface area (Å²) in [6, 6.07) is 20.9. The molecule has 0 fully saturated rings. The molecule has 1 atom stereocenters. The fraction of sp³-hybridized carbons (Fsp3) is 0.182. The molecule has 1 aliphatic carbocycles. The van der Waals surface area contributed by atoms with Crippen molar-refractivity contribution in [2.45, 2.75) is 25.2 Å². The summed E-state index contributed by atoms with van der Waals surface area (Å²) < 4.78 is 1.95. The second-order valence-electron chi connectivity index (χ2n) is 6.87. The summed E-state index contributed by atoms with van der Waals surface area (Å²) >= 11 is 0. The molecular formula is C22H20N4. The summed E-state index contributed by atoms with van der Waals surface area (Å²) in [5, 5.41) is 6.14. The van der Waals surface area contributed by atoms with Crippen LogP contribution in [0.4, 0.5) is 5.82 Å². The van der Waals surface area contributed by atoms with Crippen LogP contribution in [0.25, 0.3) is 16.6 Å². The second-order valence-corrected chi connectivity index (χ2v) is 6.87. The van der Waals surface area contributed by atoms with Gasteiger partial charge in [0.1, 0.15) is 11.3 Å². The number of nitrogen functional groups attached to an aromatic ring is 1. The van der Waals surface area contributed by atoms with Crippen molar-refractivity contribution in [3.8, 4) is 5.69 Å². The SMILES string of the molecule is Nc1nccc2c(C3CCCc4ccccc43)nn(-c3ccccc3)c12. The van der Waals surface area contributed by atoms with Crippen LogP contribution < -0.4 is 5.73 Å². The number of rotatable bonds is 2. The number of nitrogens with zero attached hydrogens (tertiary/aromatic N) is 3. The Hall–Kier alpha value is -3.14. The highest BCUT2D eigenvalue weighted by molar-refractivity contribution is 5.91. The number of hydrogen-bond acceptors (Lipinski definition) is 3. The molecule has 4 heteroatoms. The molecule has 26 heavy (non-hydrogen) atoms. The molecule has 0 spiro atoms. The number of hydrogen-bond donors (Lipinski definition) is 1. The zero-order chi connectivity index (χ0) is 17.5. The molecule has 0 bridgehead atoms. The largest absolute Gasteiger partial charge is 0.382 e. The van der Waals surface area contributed by atoms with E-state index in [9.17, 15) is 0 Å². The van der Waals surface area contributed by atoms with Crippen molar-refractivity contribution < 1.29 is 0 Å². The van der Waals surface area contributed by atoms with Crippen LogP contribution in [0.2, 0.25) is 0 Å². The molecule has 4 nitrogen and oxygen atoms in total. The molecule has 2 aromatic carbocycles. The first-order chi connectivity index (χ1) is 12.8. The number of aromatic nitrogens is 3. The maximum atomic E-state index is 6.26. The van der Waals surface area contributed by atoms with Crippen LogP contribution in [0.5, 0.6) is 0 Å². The number of para-hydroxylation sites is 1. The predicted molar refractivity (Wildman–Crippen MR) is 105 cm³/mol. The standard InChI is InChI=1S/C22H20N4/c23-22-21-19(13-14-24-22)20(25-26(21)16-9-2-1-3-10-16)18-12-6-8-15-7-4-5-11-17(15)18/h1-5,7,9-11,13-14,18H,6,8,12H2,(H2,23,24). The number of aryl methyl sites for hydroxylation is 1. The van der Waals surface area contributed by atoms with Gasteiger partial charge in [0, 0.05) is 17.5 Å². The van der Waals surface area contributed by atoms with Crippen molar-refractivity contribution in [2.75, 3.05) is 5.73 Å². The number of benzene rings is 2. The van der Waals surface area contributed by atoms with Crippen LogP contribution in [0.3, 0.4) is 0 Å². The first-order valence-electron chi connectivity index (χ1n) is 9.09. The molecule has 2 aromatic heterocycles.